The zero-order valence-corrected chi connectivity index (χ0v) is 9.76. The number of rotatable bonds is 5. The summed E-state index contributed by atoms with van der Waals surface area (Å²) in [6.07, 6.45) is -0.563. The molecule has 0 aromatic rings. The molecule has 0 radical (unpaired) electrons. The van der Waals surface area contributed by atoms with Crippen LogP contribution in [-0.2, 0) is 9.59 Å². The predicted octanol–water partition coefficient (Wildman–Crippen LogP) is 1.25. The van der Waals surface area contributed by atoms with Gasteiger partial charge in [0.2, 0.25) is 0 Å². The number of carboxylic acids is 2. The monoisotopic (exact) mass is 277 g/mol. The second-order valence-corrected chi connectivity index (χ2v) is 5.55. The summed E-state index contributed by atoms with van der Waals surface area (Å²) < 4.78 is -1.73. The van der Waals surface area contributed by atoms with Crippen LogP contribution >= 0.6 is 34.8 Å². The van der Waals surface area contributed by atoms with Crippen LogP contribution in [0.4, 0.5) is 0 Å². The van der Waals surface area contributed by atoms with Gasteiger partial charge in [0.15, 0.2) is 3.79 Å². The molecule has 88 valence electrons. The van der Waals surface area contributed by atoms with E-state index in [1.54, 1.807) is 0 Å². The van der Waals surface area contributed by atoms with Gasteiger partial charge in [-0.1, -0.05) is 34.8 Å². The maximum Gasteiger partial charge on any atom is 0.320 e. The minimum atomic E-state index is -1.73. The smallest absolute Gasteiger partial charge is 0.320 e. The first kappa shape index (κ1) is 14.8. The summed E-state index contributed by atoms with van der Waals surface area (Å²) >= 11 is 16.2. The lowest BCUT2D eigenvalue weighted by atomic mass is 9.98. The molecule has 15 heavy (non-hydrogen) atoms. The van der Waals surface area contributed by atoms with Crippen LogP contribution in [0.15, 0.2) is 0 Å². The average molecular weight is 279 g/mol. The van der Waals surface area contributed by atoms with Crippen molar-refractivity contribution >= 4 is 46.7 Å². The Kier molecular flexibility index (Phi) is 5.66. The molecule has 0 saturated carbocycles. The molecule has 1 unspecified atom stereocenters. The molecular weight excluding hydrogens is 268 g/mol. The molecular formula is C7H10Cl3NO4. The van der Waals surface area contributed by atoms with E-state index in [1.807, 2.05) is 0 Å². The Morgan fingerprint density at radius 1 is 1.20 bits per heavy atom. The first-order chi connectivity index (χ1) is 6.63. The quantitative estimate of drug-likeness (QED) is 0.657. The lowest BCUT2D eigenvalue weighted by molar-refractivity contribution is -0.143. The maximum atomic E-state index is 10.7. The predicted molar refractivity (Wildman–Crippen MR) is 56.3 cm³/mol. The third-order valence-electron chi connectivity index (χ3n) is 1.68. The summed E-state index contributed by atoms with van der Waals surface area (Å²) in [6, 6.07) is -1.28. The van der Waals surface area contributed by atoms with Gasteiger partial charge in [0.25, 0.3) is 0 Å². The molecule has 8 heteroatoms. The van der Waals surface area contributed by atoms with Gasteiger partial charge in [0, 0.05) is 6.42 Å². The van der Waals surface area contributed by atoms with Gasteiger partial charge in [-0.15, -0.1) is 0 Å². The summed E-state index contributed by atoms with van der Waals surface area (Å²) in [5.74, 6) is -3.62. The Morgan fingerprint density at radius 2 is 1.67 bits per heavy atom. The minimum Gasteiger partial charge on any atom is -0.481 e. The van der Waals surface area contributed by atoms with Gasteiger partial charge in [-0.3, -0.25) is 9.59 Å². The largest absolute Gasteiger partial charge is 0.481 e. The van der Waals surface area contributed by atoms with Crippen LogP contribution in [0.5, 0.6) is 0 Å². The van der Waals surface area contributed by atoms with Crippen molar-refractivity contribution in [3.8, 4) is 0 Å². The van der Waals surface area contributed by atoms with E-state index >= 15 is 0 Å². The molecule has 0 spiro atoms. The highest BCUT2D eigenvalue weighted by Crippen LogP contribution is 2.34. The topological polar surface area (TPSA) is 101 Å². The lowest BCUT2D eigenvalue weighted by Gasteiger charge is -2.18. The Morgan fingerprint density at radius 3 is 1.93 bits per heavy atom. The summed E-state index contributed by atoms with van der Waals surface area (Å²) in [7, 11) is 0. The van der Waals surface area contributed by atoms with Crippen molar-refractivity contribution < 1.29 is 19.8 Å². The van der Waals surface area contributed by atoms with Gasteiger partial charge in [-0.2, -0.15) is 0 Å². The molecule has 0 aromatic heterocycles. The molecule has 0 aromatic carbocycles. The number of aliphatic carboxylic acids is 2. The Hall–Kier alpha value is -0.230. The molecule has 0 aliphatic carbocycles. The highest BCUT2D eigenvalue weighted by Gasteiger charge is 2.32. The lowest BCUT2D eigenvalue weighted by Crippen LogP contribution is -2.35. The van der Waals surface area contributed by atoms with Gasteiger partial charge in [-0.05, 0) is 6.42 Å². The highest BCUT2D eigenvalue weighted by atomic mass is 35.6. The second-order valence-electron chi connectivity index (χ2n) is 3.03. The van der Waals surface area contributed by atoms with E-state index in [-0.39, 0.29) is 12.8 Å². The van der Waals surface area contributed by atoms with Crippen LogP contribution in [0.3, 0.4) is 0 Å². The van der Waals surface area contributed by atoms with Crippen LogP contribution in [-0.4, -0.2) is 32.0 Å². The van der Waals surface area contributed by atoms with Crippen molar-refractivity contribution in [1.82, 2.24) is 0 Å². The van der Waals surface area contributed by atoms with E-state index in [2.05, 4.69) is 0 Å². The number of alkyl halides is 3. The van der Waals surface area contributed by atoms with Gasteiger partial charge < -0.3 is 15.9 Å². The minimum absolute atomic E-state index is 0.279. The summed E-state index contributed by atoms with van der Waals surface area (Å²) in [5.41, 5.74) is 5.18. The Labute approximate surface area is 101 Å². The normalized spacial score (nSPS) is 15.7. The first-order valence-corrected chi connectivity index (χ1v) is 5.05. The van der Waals surface area contributed by atoms with E-state index in [9.17, 15) is 9.59 Å². The van der Waals surface area contributed by atoms with Crippen LogP contribution < -0.4 is 5.73 Å². The molecule has 2 atom stereocenters. The Bertz CT molecular complexity index is 253. The van der Waals surface area contributed by atoms with E-state index < -0.39 is 27.7 Å². The van der Waals surface area contributed by atoms with Gasteiger partial charge in [0.1, 0.15) is 6.04 Å². The van der Waals surface area contributed by atoms with E-state index in [1.165, 1.54) is 0 Å². The molecule has 0 aliphatic heterocycles. The standard InChI is InChI=1S/C7H10Cl3NO4/c8-7(9,10)2-3(5(12)13)1-4(11)6(14)15/h3-4H,1-2,11H2,(H,12,13)(H,14,15)/t3?,4-/m1/s1. The fourth-order valence-electron chi connectivity index (χ4n) is 0.958. The molecule has 0 bridgehead atoms. The number of carbonyl (C=O) groups is 2. The van der Waals surface area contributed by atoms with Crippen molar-refractivity contribution in [1.29, 1.82) is 0 Å². The highest BCUT2D eigenvalue weighted by molar-refractivity contribution is 6.67. The zero-order chi connectivity index (χ0) is 12.2. The number of halogens is 3. The molecule has 0 amide bonds. The first-order valence-electron chi connectivity index (χ1n) is 3.91. The number of hydrogen-bond donors (Lipinski definition) is 3. The summed E-state index contributed by atoms with van der Waals surface area (Å²) in [4.78, 5) is 21.1. The second kappa shape index (κ2) is 5.75. The van der Waals surface area contributed by atoms with Crippen LogP contribution in [0.1, 0.15) is 12.8 Å². The maximum absolute atomic E-state index is 10.7. The van der Waals surface area contributed by atoms with Crippen molar-refractivity contribution in [2.75, 3.05) is 0 Å². The SMILES string of the molecule is N[C@H](CC(CC(Cl)(Cl)Cl)C(=O)O)C(=O)O. The van der Waals surface area contributed by atoms with E-state index in [4.69, 9.17) is 50.7 Å². The van der Waals surface area contributed by atoms with Crippen LogP contribution in [0.2, 0.25) is 0 Å². The molecule has 0 rings (SSSR count). The molecule has 4 N–H and O–H groups in total. The van der Waals surface area contributed by atoms with Gasteiger partial charge >= 0.3 is 11.9 Å². The summed E-state index contributed by atoms with van der Waals surface area (Å²) in [5, 5.41) is 17.2. The van der Waals surface area contributed by atoms with E-state index in [0.29, 0.717) is 0 Å². The summed E-state index contributed by atoms with van der Waals surface area (Å²) in [6.45, 7) is 0. The molecule has 0 fully saturated rings. The van der Waals surface area contributed by atoms with Crippen molar-refractivity contribution in [2.45, 2.75) is 22.7 Å². The molecule has 0 aliphatic rings. The van der Waals surface area contributed by atoms with Crippen LogP contribution in [0.25, 0.3) is 0 Å². The molecule has 5 nitrogen and oxygen atoms in total. The van der Waals surface area contributed by atoms with E-state index in [0.717, 1.165) is 0 Å². The third-order valence-corrected chi connectivity index (χ3v) is 2.15. The van der Waals surface area contributed by atoms with Crippen molar-refractivity contribution in [3.63, 3.8) is 0 Å². The zero-order valence-electron chi connectivity index (χ0n) is 7.49. The number of carboxylic acid groups (broad SMARTS) is 2. The number of nitrogens with two attached hydrogens (primary N) is 1. The third kappa shape index (κ3) is 6.78. The van der Waals surface area contributed by atoms with Gasteiger partial charge in [0.05, 0.1) is 5.92 Å². The van der Waals surface area contributed by atoms with Crippen molar-refractivity contribution in [3.05, 3.63) is 0 Å². The van der Waals surface area contributed by atoms with Crippen molar-refractivity contribution in [2.24, 2.45) is 11.7 Å². The fraction of sp³-hybridized carbons (Fsp3) is 0.714. The molecule has 0 saturated heterocycles. The number of hydrogen-bond acceptors (Lipinski definition) is 3. The fourth-order valence-corrected chi connectivity index (χ4v) is 1.52. The Balaban J connectivity index is 4.42. The average Bonchev–Trinajstić information content (AvgIpc) is 1.99. The molecule has 0 heterocycles. The van der Waals surface area contributed by atoms with Gasteiger partial charge in [-0.25, -0.2) is 0 Å². The van der Waals surface area contributed by atoms with Crippen LogP contribution in [0, 0.1) is 5.92 Å².